The van der Waals surface area contributed by atoms with E-state index in [2.05, 4.69) is 9.47 Å². The number of methoxy groups -OCH3 is 2. The molecule has 43 heavy (non-hydrogen) atoms. The lowest BCUT2D eigenvalue weighted by molar-refractivity contribution is -0.307. The van der Waals surface area contributed by atoms with E-state index in [-0.39, 0.29) is 13.2 Å². The summed E-state index contributed by atoms with van der Waals surface area (Å²) in [5.74, 6) is -4.97. The number of hydrogen-bond donors (Lipinski definition) is 2. The molecule has 0 heterocycles. The first-order chi connectivity index (χ1) is 20.3. The molecule has 16 heteroatoms. The van der Waals surface area contributed by atoms with Crippen LogP contribution in [0.15, 0.2) is 42.5 Å². The number of rotatable bonds is 16. The predicted octanol–water partition coefficient (Wildman–Crippen LogP) is 2.56. The maximum Gasteiger partial charge on any atom is 0.416 e. The third kappa shape index (κ3) is 10.3. The van der Waals surface area contributed by atoms with E-state index in [1.54, 1.807) is 30.3 Å². The second-order valence-corrected chi connectivity index (χ2v) is 8.51. The predicted molar refractivity (Wildman–Crippen MR) is 135 cm³/mol. The Kier molecular flexibility index (Phi) is 13.5. The molecule has 0 bridgehead atoms. The van der Waals surface area contributed by atoms with Crippen LogP contribution < -0.4 is 0 Å². The van der Waals surface area contributed by atoms with Crippen LogP contribution in [0.1, 0.15) is 53.1 Å². The monoisotopic (exact) mass is 620 g/mol. The van der Waals surface area contributed by atoms with Gasteiger partial charge in [0.25, 0.3) is 0 Å². The van der Waals surface area contributed by atoms with Crippen molar-refractivity contribution in [1.29, 1.82) is 0 Å². The number of benzene rings is 2. The van der Waals surface area contributed by atoms with Gasteiger partial charge in [0.1, 0.15) is 32.0 Å². The van der Waals surface area contributed by atoms with Gasteiger partial charge in [0, 0.05) is 7.11 Å². The molecule has 0 aliphatic rings. The van der Waals surface area contributed by atoms with Crippen molar-refractivity contribution < 1.29 is 75.4 Å². The number of alkyl halides is 4. The van der Waals surface area contributed by atoms with Gasteiger partial charge in [-0.15, -0.1) is 0 Å². The molecule has 0 amide bonds. The molecule has 0 aromatic heterocycles. The third-order valence-corrected chi connectivity index (χ3v) is 5.43. The zero-order valence-corrected chi connectivity index (χ0v) is 22.8. The summed E-state index contributed by atoms with van der Waals surface area (Å²) >= 11 is 0. The summed E-state index contributed by atoms with van der Waals surface area (Å²) < 4.78 is 78.3. The number of ether oxygens (including phenoxy) is 6. The fraction of sp³-hybridized carbons (Fsp3) is 0.407. The third-order valence-electron chi connectivity index (χ3n) is 5.43. The van der Waals surface area contributed by atoms with Crippen LogP contribution in [0.2, 0.25) is 0 Å². The first-order valence-corrected chi connectivity index (χ1v) is 12.3. The van der Waals surface area contributed by atoms with E-state index in [1.165, 1.54) is 7.11 Å². The standard InChI is InChI=1S/C27H28F4O12/c1-38-8-9-40-23(35)19-11-18(25(37)42-14-21(33)15-6-4-3-5-7-15)17(22(34)39-2)10-20(19)24(36)41-12-16(32)13-43-27(30,31)26(28)29/h3-7,10-11,16,21,26,32-33H,8-9,12-14H2,1-2H3. The molecule has 0 aliphatic carbocycles. The molecular formula is C27H28F4O12. The molecule has 0 saturated carbocycles. The van der Waals surface area contributed by atoms with Crippen molar-refractivity contribution in [1.82, 2.24) is 0 Å². The Labute approximate surface area is 242 Å². The molecule has 0 radical (unpaired) electrons. The fourth-order valence-electron chi connectivity index (χ4n) is 3.25. The van der Waals surface area contributed by atoms with Crippen molar-refractivity contribution in [3.63, 3.8) is 0 Å². The molecule has 2 aromatic carbocycles. The highest BCUT2D eigenvalue weighted by Gasteiger charge is 2.42. The van der Waals surface area contributed by atoms with E-state index in [4.69, 9.17) is 18.9 Å². The molecule has 2 aromatic rings. The summed E-state index contributed by atoms with van der Waals surface area (Å²) in [4.78, 5) is 51.1. The minimum atomic E-state index is -4.87. The quantitative estimate of drug-likeness (QED) is 0.122. The maximum absolute atomic E-state index is 13.0. The van der Waals surface area contributed by atoms with Gasteiger partial charge >= 0.3 is 36.4 Å². The van der Waals surface area contributed by atoms with Crippen LogP contribution in [0.5, 0.6) is 0 Å². The minimum Gasteiger partial charge on any atom is -0.465 e. The van der Waals surface area contributed by atoms with Gasteiger partial charge in [0.2, 0.25) is 0 Å². The molecule has 0 aliphatic heterocycles. The topological polar surface area (TPSA) is 164 Å². The Morgan fingerprint density at radius 2 is 1.26 bits per heavy atom. The Morgan fingerprint density at radius 1 is 0.744 bits per heavy atom. The number of carbonyl (C=O) groups is 4. The zero-order chi connectivity index (χ0) is 32.2. The number of aliphatic hydroxyl groups is 2. The number of aliphatic hydroxyl groups excluding tert-OH is 2. The average Bonchev–Trinajstić information content (AvgIpc) is 3.00. The molecule has 0 spiro atoms. The molecule has 2 rings (SSSR count). The van der Waals surface area contributed by atoms with Gasteiger partial charge in [-0.1, -0.05) is 30.3 Å². The average molecular weight is 621 g/mol. The van der Waals surface area contributed by atoms with Gasteiger partial charge in [0.05, 0.1) is 42.6 Å². The van der Waals surface area contributed by atoms with Crippen molar-refractivity contribution >= 4 is 23.9 Å². The summed E-state index contributed by atoms with van der Waals surface area (Å²) in [6, 6.07) is 9.63. The fourth-order valence-corrected chi connectivity index (χ4v) is 3.25. The van der Waals surface area contributed by atoms with Gasteiger partial charge in [0.15, 0.2) is 0 Å². The molecular weight excluding hydrogens is 592 g/mol. The first kappa shape index (κ1) is 35.1. The van der Waals surface area contributed by atoms with Crippen LogP contribution >= 0.6 is 0 Å². The molecule has 0 saturated heterocycles. The number of carbonyl (C=O) groups excluding carboxylic acids is 4. The van der Waals surface area contributed by atoms with Crippen molar-refractivity contribution in [2.45, 2.75) is 24.7 Å². The van der Waals surface area contributed by atoms with Crippen LogP contribution in [-0.4, -0.2) is 100.0 Å². The van der Waals surface area contributed by atoms with Crippen LogP contribution in [0, 0.1) is 0 Å². The lowest BCUT2D eigenvalue weighted by Crippen LogP contribution is -2.35. The molecule has 0 fully saturated rings. The van der Waals surface area contributed by atoms with Crippen molar-refractivity contribution in [3.05, 3.63) is 70.3 Å². The summed E-state index contributed by atoms with van der Waals surface area (Å²) in [5.41, 5.74) is -2.05. The Balaban J connectivity index is 2.36. The first-order valence-electron chi connectivity index (χ1n) is 12.3. The smallest absolute Gasteiger partial charge is 0.416 e. The largest absolute Gasteiger partial charge is 0.465 e. The molecule has 12 nitrogen and oxygen atoms in total. The molecule has 2 N–H and O–H groups in total. The Morgan fingerprint density at radius 3 is 1.77 bits per heavy atom. The molecule has 236 valence electrons. The van der Waals surface area contributed by atoms with Gasteiger partial charge in [-0.25, -0.2) is 28.0 Å². The molecule has 2 unspecified atom stereocenters. The SMILES string of the molecule is COCCOC(=O)c1cc(C(=O)OCC(O)c2ccccc2)c(C(=O)OC)cc1C(=O)OCC(O)COC(F)(F)C(F)F. The van der Waals surface area contributed by atoms with E-state index >= 15 is 0 Å². The summed E-state index contributed by atoms with van der Waals surface area (Å²) in [6.07, 6.45) is -12.3. The van der Waals surface area contributed by atoms with E-state index in [9.17, 15) is 47.0 Å². The van der Waals surface area contributed by atoms with E-state index < -0.39 is 90.7 Å². The van der Waals surface area contributed by atoms with Crippen molar-refractivity contribution in [2.75, 3.05) is 47.3 Å². The van der Waals surface area contributed by atoms with E-state index in [0.29, 0.717) is 5.56 Å². The van der Waals surface area contributed by atoms with Gasteiger partial charge in [-0.3, -0.25) is 0 Å². The van der Waals surface area contributed by atoms with Crippen LogP contribution in [0.3, 0.4) is 0 Å². The normalized spacial score (nSPS) is 12.8. The minimum absolute atomic E-state index is 0.0620. The van der Waals surface area contributed by atoms with Crippen LogP contribution in [0.4, 0.5) is 17.6 Å². The van der Waals surface area contributed by atoms with Crippen LogP contribution in [-0.2, 0) is 28.4 Å². The van der Waals surface area contributed by atoms with E-state index in [1.807, 2.05) is 0 Å². The number of hydrogen-bond acceptors (Lipinski definition) is 12. The second-order valence-electron chi connectivity index (χ2n) is 8.51. The zero-order valence-electron chi connectivity index (χ0n) is 22.8. The van der Waals surface area contributed by atoms with Crippen molar-refractivity contribution in [3.8, 4) is 0 Å². The lowest BCUT2D eigenvalue weighted by atomic mass is 9.98. The maximum atomic E-state index is 13.0. The highest BCUT2D eigenvalue weighted by Crippen LogP contribution is 2.25. The Bertz CT molecular complexity index is 1260. The number of esters is 4. The van der Waals surface area contributed by atoms with Gasteiger partial charge in [-0.2, -0.15) is 8.78 Å². The highest BCUT2D eigenvalue weighted by atomic mass is 19.3. The molecule has 2 atom stereocenters. The summed E-state index contributed by atoms with van der Waals surface area (Å²) in [5, 5.41) is 20.1. The van der Waals surface area contributed by atoms with Crippen molar-refractivity contribution in [2.24, 2.45) is 0 Å². The highest BCUT2D eigenvalue weighted by molar-refractivity contribution is 6.10. The number of halogens is 4. The summed E-state index contributed by atoms with van der Waals surface area (Å²) in [7, 11) is 2.26. The van der Waals surface area contributed by atoms with Gasteiger partial charge < -0.3 is 38.6 Å². The van der Waals surface area contributed by atoms with Crippen LogP contribution in [0.25, 0.3) is 0 Å². The lowest BCUT2D eigenvalue weighted by Gasteiger charge is -2.19. The summed E-state index contributed by atoms with van der Waals surface area (Å²) in [6.45, 7) is -3.35. The second kappa shape index (κ2) is 16.5. The Hall–Kier alpha value is -4.12. The van der Waals surface area contributed by atoms with Gasteiger partial charge in [-0.05, 0) is 17.7 Å². The van der Waals surface area contributed by atoms with E-state index in [0.717, 1.165) is 19.2 Å².